The van der Waals surface area contributed by atoms with Gasteiger partial charge in [0.2, 0.25) is 0 Å². The molecule has 27 heavy (non-hydrogen) atoms. The van der Waals surface area contributed by atoms with E-state index in [0.717, 1.165) is 0 Å². The zero-order chi connectivity index (χ0) is 19.9. The normalized spacial score (nSPS) is 13.0. The van der Waals surface area contributed by atoms with Crippen LogP contribution in [0.1, 0.15) is 17.4 Å². The van der Waals surface area contributed by atoms with Gasteiger partial charge in [0.1, 0.15) is 5.69 Å². The summed E-state index contributed by atoms with van der Waals surface area (Å²) in [7, 11) is 0. The van der Waals surface area contributed by atoms with Crippen LogP contribution in [0.25, 0.3) is 16.9 Å². The molecule has 1 unspecified atom stereocenters. The van der Waals surface area contributed by atoms with Gasteiger partial charge in [0.25, 0.3) is 0 Å². The topological polar surface area (TPSA) is 38.1 Å². The lowest BCUT2D eigenvalue weighted by Crippen LogP contribution is -2.21. The molecule has 0 amide bonds. The maximum Gasteiger partial charge on any atom is 0.420 e. The Kier molecular flexibility index (Phi) is 5.45. The SMILES string of the molecule is Cc1c(C(O)C(F)(F)F)nn(-c2ccc(Cl)cc2Cl)c1-c1ccc(Cl)cc1. The molecular formula is C18H12Cl3F3N2O. The molecule has 0 fully saturated rings. The molecule has 1 aromatic heterocycles. The smallest absolute Gasteiger partial charge is 0.378 e. The minimum Gasteiger partial charge on any atom is -0.378 e. The van der Waals surface area contributed by atoms with Crippen LogP contribution < -0.4 is 0 Å². The van der Waals surface area contributed by atoms with Crippen molar-refractivity contribution in [2.45, 2.75) is 19.2 Å². The Hall–Kier alpha value is -1.73. The first-order valence-corrected chi connectivity index (χ1v) is 8.78. The second kappa shape index (κ2) is 7.36. The van der Waals surface area contributed by atoms with E-state index in [2.05, 4.69) is 5.10 Å². The van der Waals surface area contributed by atoms with Crippen molar-refractivity contribution in [2.75, 3.05) is 0 Å². The van der Waals surface area contributed by atoms with Crippen LogP contribution in [-0.4, -0.2) is 21.1 Å². The number of nitrogens with zero attached hydrogens (tertiary/aromatic N) is 2. The summed E-state index contributed by atoms with van der Waals surface area (Å²) in [4.78, 5) is 0. The molecule has 0 bridgehead atoms. The highest BCUT2D eigenvalue weighted by atomic mass is 35.5. The fraction of sp³-hybridized carbons (Fsp3) is 0.167. The zero-order valence-electron chi connectivity index (χ0n) is 13.7. The van der Waals surface area contributed by atoms with Gasteiger partial charge in [0.15, 0.2) is 6.10 Å². The lowest BCUT2D eigenvalue weighted by Gasteiger charge is -2.12. The van der Waals surface area contributed by atoms with E-state index in [1.807, 2.05) is 0 Å². The summed E-state index contributed by atoms with van der Waals surface area (Å²) in [5.74, 6) is 0. The third-order valence-electron chi connectivity index (χ3n) is 3.98. The number of hydrogen-bond acceptors (Lipinski definition) is 2. The van der Waals surface area contributed by atoms with Gasteiger partial charge in [0, 0.05) is 21.2 Å². The standard InChI is InChI=1S/C18H12Cl3F3N2O/c1-9-15(17(27)18(22,23)24)25-26(14-7-6-12(20)8-13(14)21)16(9)10-2-4-11(19)5-3-10/h2-8,17,27H,1H3. The summed E-state index contributed by atoms with van der Waals surface area (Å²) in [5.41, 5.74) is 0.923. The summed E-state index contributed by atoms with van der Waals surface area (Å²) in [6.07, 6.45) is -7.58. The number of aliphatic hydroxyl groups excluding tert-OH is 1. The summed E-state index contributed by atoms with van der Waals surface area (Å²) in [5, 5.41) is 14.8. The van der Waals surface area contributed by atoms with Crippen molar-refractivity contribution in [1.82, 2.24) is 9.78 Å². The lowest BCUT2D eigenvalue weighted by atomic mass is 10.0. The van der Waals surface area contributed by atoms with Crippen molar-refractivity contribution in [3.05, 3.63) is 68.8 Å². The molecule has 1 heterocycles. The Morgan fingerprint density at radius 1 is 1.00 bits per heavy atom. The number of alkyl halides is 3. The fourth-order valence-corrected chi connectivity index (χ4v) is 3.32. The van der Waals surface area contributed by atoms with E-state index in [1.165, 1.54) is 17.7 Å². The molecule has 0 saturated heterocycles. The van der Waals surface area contributed by atoms with Crippen LogP contribution in [0.15, 0.2) is 42.5 Å². The van der Waals surface area contributed by atoms with Crippen LogP contribution in [0.5, 0.6) is 0 Å². The first kappa shape index (κ1) is 20.0. The number of rotatable bonds is 3. The van der Waals surface area contributed by atoms with Gasteiger partial charge in [-0.25, -0.2) is 4.68 Å². The van der Waals surface area contributed by atoms with E-state index in [4.69, 9.17) is 34.8 Å². The quantitative estimate of drug-likeness (QED) is 0.517. The molecule has 0 aliphatic heterocycles. The van der Waals surface area contributed by atoms with Gasteiger partial charge in [-0.3, -0.25) is 0 Å². The summed E-state index contributed by atoms with van der Waals surface area (Å²) in [6, 6.07) is 11.1. The monoisotopic (exact) mass is 434 g/mol. The maximum atomic E-state index is 13.1. The predicted molar refractivity (Wildman–Crippen MR) is 99.8 cm³/mol. The Bertz CT molecular complexity index is 985. The largest absolute Gasteiger partial charge is 0.420 e. The summed E-state index contributed by atoms with van der Waals surface area (Å²) in [6.45, 7) is 1.46. The summed E-state index contributed by atoms with van der Waals surface area (Å²) >= 11 is 18.0. The first-order valence-electron chi connectivity index (χ1n) is 7.65. The van der Waals surface area contributed by atoms with Gasteiger partial charge in [-0.2, -0.15) is 18.3 Å². The molecule has 3 aromatic rings. The first-order chi connectivity index (χ1) is 12.6. The molecular weight excluding hydrogens is 424 g/mol. The predicted octanol–water partition coefficient (Wildman–Crippen LogP) is 6.40. The minimum absolute atomic E-state index is 0.174. The maximum absolute atomic E-state index is 13.1. The molecule has 9 heteroatoms. The third-order valence-corrected chi connectivity index (χ3v) is 4.77. The minimum atomic E-state index is -4.86. The van der Waals surface area contributed by atoms with Gasteiger partial charge in [-0.15, -0.1) is 0 Å². The highest BCUT2D eigenvalue weighted by Crippen LogP contribution is 2.39. The Labute approximate surface area is 167 Å². The molecule has 1 N–H and O–H groups in total. The fourth-order valence-electron chi connectivity index (χ4n) is 2.70. The van der Waals surface area contributed by atoms with Crippen LogP contribution in [0.2, 0.25) is 15.1 Å². The molecule has 142 valence electrons. The van der Waals surface area contributed by atoms with Crippen molar-refractivity contribution < 1.29 is 18.3 Å². The molecule has 2 aromatic carbocycles. The Morgan fingerprint density at radius 3 is 2.15 bits per heavy atom. The average Bonchev–Trinajstić information content (AvgIpc) is 2.91. The second-order valence-electron chi connectivity index (χ2n) is 5.82. The number of hydrogen-bond donors (Lipinski definition) is 1. The van der Waals surface area contributed by atoms with Crippen molar-refractivity contribution in [2.24, 2.45) is 0 Å². The van der Waals surface area contributed by atoms with Crippen LogP contribution in [0, 0.1) is 6.92 Å². The highest BCUT2D eigenvalue weighted by molar-refractivity contribution is 6.35. The van der Waals surface area contributed by atoms with E-state index in [9.17, 15) is 18.3 Å². The molecule has 0 aliphatic rings. The molecule has 3 rings (SSSR count). The van der Waals surface area contributed by atoms with Crippen molar-refractivity contribution in [3.63, 3.8) is 0 Å². The lowest BCUT2D eigenvalue weighted by molar-refractivity contribution is -0.208. The van der Waals surface area contributed by atoms with Crippen molar-refractivity contribution >= 4 is 34.8 Å². The van der Waals surface area contributed by atoms with E-state index in [1.54, 1.807) is 36.4 Å². The number of aromatic nitrogens is 2. The van der Waals surface area contributed by atoms with E-state index < -0.39 is 18.0 Å². The Balaban J connectivity index is 2.29. The molecule has 0 spiro atoms. The van der Waals surface area contributed by atoms with Crippen molar-refractivity contribution in [1.29, 1.82) is 0 Å². The van der Waals surface area contributed by atoms with Gasteiger partial charge in [-0.05, 0) is 37.3 Å². The van der Waals surface area contributed by atoms with E-state index >= 15 is 0 Å². The summed E-state index contributed by atoms with van der Waals surface area (Å²) < 4.78 is 40.5. The van der Waals surface area contributed by atoms with Gasteiger partial charge < -0.3 is 5.11 Å². The van der Waals surface area contributed by atoms with Crippen LogP contribution in [0.4, 0.5) is 13.2 Å². The molecule has 0 radical (unpaired) electrons. The molecule has 1 atom stereocenters. The second-order valence-corrected chi connectivity index (χ2v) is 7.10. The average molecular weight is 436 g/mol. The van der Waals surface area contributed by atoms with Crippen LogP contribution in [0.3, 0.4) is 0 Å². The molecule has 0 aliphatic carbocycles. The number of benzene rings is 2. The van der Waals surface area contributed by atoms with Crippen LogP contribution >= 0.6 is 34.8 Å². The van der Waals surface area contributed by atoms with Gasteiger partial charge in [0.05, 0.1) is 16.4 Å². The highest BCUT2D eigenvalue weighted by Gasteiger charge is 2.42. The van der Waals surface area contributed by atoms with E-state index in [0.29, 0.717) is 27.0 Å². The molecule has 3 nitrogen and oxygen atoms in total. The number of halogens is 6. The zero-order valence-corrected chi connectivity index (χ0v) is 16.0. The van der Waals surface area contributed by atoms with Crippen molar-refractivity contribution in [3.8, 4) is 16.9 Å². The molecule has 0 saturated carbocycles. The Morgan fingerprint density at radius 2 is 1.59 bits per heavy atom. The van der Waals surface area contributed by atoms with Crippen LogP contribution in [-0.2, 0) is 0 Å². The van der Waals surface area contributed by atoms with E-state index in [-0.39, 0.29) is 10.6 Å². The van der Waals surface area contributed by atoms with Gasteiger partial charge in [-0.1, -0.05) is 46.9 Å². The third kappa shape index (κ3) is 3.94. The number of aliphatic hydroxyl groups is 1. The van der Waals surface area contributed by atoms with Gasteiger partial charge >= 0.3 is 6.18 Å².